The van der Waals surface area contributed by atoms with Crippen LogP contribution in [-0.4, -0.2) is 64.2 Å². The molecular weight excluding hydrogens is 382 g/mol. The molecule has 3 atom stereocenters. The maximum atomic E-state index is 12.4. The van der Waals surface area contributed by atoms with E-state index in [1.165, 1.54) is 6.08 Å². The van der Waals surface area contributed by atoms with Gasteiger partial charge in [-0.25, -0.2) is 8.42 Å². The minimum absolute atomic E-state index is 0.0766. The topological polar surface area (TPSA) is 128 Å². The van der Waals surface area contributed by atoms with E-state index in [9.17, 15) is 18.0 Å². The Labute approximate surface area is 165 Å². The molecule has 1 saturated heterocycles. The molecule has 1 aromatic rings. The third kappa shape index (κ3) is 7.16. The summed E-state index contributed by atoms with van der Waals surface area (Å²) in [7, 11) is -3.25. The molecule has 1 aliphatic rings. The fourth-order valence-electron chi connectivity index (χ4n) is 2.71. The predicted octanol–water partition coefficient (Wildman–Crippen LogP) is -0.209. The Morgan fingerprint density at radius 3 is 2.61 bits per heavy atom. The molecule has 1 unspecified atom stereocenters. The first-order valence-electron chi connectivity index (χ1n) is 9.05. The Morgan fingerprint density at radius 2 is 2.04 bits per heavy atom. The summed E-state index contributed by atoms with van der Waals surface area (Å²) in [5.41, 5.74) is 7.32. The van der Waals surface area contributed by atoms with Crippen LogP contribution in [0.15, 0.2) is 35.7 Å². The van der Waals surface area contributed by atoms with E-state index >= 15 is 0 Å². The van der Waals surface area contributed by atoms with Crippen molar-refractivity contribution in [3.8, 4) is 0 Å². The monoisotopic (exact) mass is 409 g/mol. The zero-order valence-corrected chi connectivity index (χ0v) is 16.9. The third-order valence-electron chi connectivity index (χ3n) is 4.24. The first-order chi connectivity index (χ1) is 13.2. The number of carbonyl (C=O) groups excluding carboxylic acids is 2. The van der Waals surface area contributed by atoms with Gasteiger partial charge in [-0.05, 0) is 18.9 Å². The first kappa shape index (κ1) is 22.2. The number of carbonyl (C=O) groups is 2. The minimum atomic E-state index is -3.25. The van der Waals surface area contributed by atoms with Gasteiger partial charge >= 0.3 is 0 Å². The summed E-state index contributed by atoms with van der Waals surface area (Å²) < 4.78 is 27.7. The zero-order valence-electron chi connectivity index (χ0n) is 16.1. The Balaban J connectivity index is 1.89. The number of amides is 1. The van der Waals surface area contributed by atoms with Crippen LogP contribution >= 0.6 is 0 Å². The lowest BCUT2D eigenvalue weighted by Crippen LogP contribution is -2.45. The first-order valence-corrected chi connectivity index (χ1v) is 11.0. The molecule has 0 radical (unpaired) electrons. The van der Waals surface area contributed by atoms with Crippen LogP contribution in [0.1, 0.15) is 22.8 Å². The second-order valence-corrected chi connectivity index (χ2v) is 8.82. The molecule has 154 valence electrons. The van der Waals surface area contributed by atoms with Crippen molar-refractivity contribution in [2.45, 2.75) is 31.5 Å². The summed E-state index contributed by atoms with van der Waals surface area (Å²) in [4.78, 5) is 24.6. The molecule has 4 N–H and O–H groups in total. The van der Waals surface area contributed by atoms with Crippen LogP contribution < -0.4 is 16.4 Å². The number of ether oxygens (including phenoxy) is 1. The predicted molar refractivity (Wildman–Crippen MR) is 107 cm³/mol. The van der Waals surface area contributed by atoms with Gasteiger partial charge in [-0.1, -0.05) is 30.3 Å². The summed E-state index contributed by atoms with van der Waals surface area (Å²) >= 11 is 0. The molecule has 8 nitrogen and oxygen atoms in total. The quantitative estimate of drug-likeness (QED) is 0.507. The Kier molecular flexibility index (Phi) is 7.88. The fraction of sp³-hybridized carbons (Fsp3) is 0.474. The van der Waals surface area contributed by atoms with Gasteiger partial charge in [0, 0.05) is 36.4 Å². The molecule has 9 heteroatoms. The van der Waals surface area contributed by atoms with Crippen LogP contribution in [0.25, 0.3) is 0 Å². The zero-order chi connectivity index (χ0) is 20.7. The number of hydrogen-bond donors (Lipinski definition) is 3. The van der Waals surface area contributed by atoms with E-state index < -0.39 is 28.0 Å². The molecule has 1 amide bonds. The van der Waals surface area contributed by atoms with Crippen molar-refractivity contribution in [2.24, 2.45) is 5.73 Å². The highest BCUT2D eigenvalue weighted by atomic mass is 32.2. The fourth-order valence-corrected chi connectivity index (χ4v) is 3.23. The number of Topliss-reactive ketones (excluding diaryl/α,β-unsaturated/α-hetero) is 1. The molecule has 1 aromatic carbocycles. The maximum Gasteiger partial charge on any atom is 0.237 e. The van der Waals surface area contributed by atoms with Crippen molar-refractivity contribution in [1.82, 2.24) is 10.6 Å². The number of morpholine rings is 1. The second kappa shape index (κ2) is 9.92. The molecule has 1 heterocycles. The molecule has 1 aliphatic heterocycles. The van der Waals surface area contributed by atoms with Gasteiger partial charge in [-0.2, -0.15) is 0 Å². The molecular formula is C19H27N3O5S. The highest BCUT2D eigenvalue weighted by Gasteiger charge is 2.23. The molecule has 0 bridgehead atoms. The summed E-state index contributed by atoms with van der Waals surface area (Å²) in [5, 5.41) is 6.82. The Morgan fingerprint density at radius 1 is 1.36 bits per heavy atom. The molecule has 0 aliphatic carbocycles. The van der Waals surface area contributed by atoms with Crippen molar-refractivity contribution in [1.29, 1.82) is 0 Å². The number of hydrogen-bond acceptors (Lipinski definition) is 7. The lowest BCUT2D eigenvalue weighted by atomic mass is 10.0. The maximum absolute atomic E-state index is 12.4. The van der Waals surface area contributed by atoms with Gasteiger partial charge in [0.1, 0.15) is 6.10 Å². The lowest BCUT2D eigenvalue weighted by molar-refractivity contribution is -0.122. The van der Waals surface area contributed by atoms with Crippen molar-refractivity contribution < 1.29 is 22.7 Å². The van der Waals surface area contributed by atoms with E-state index in [1.54, 1.807) is 31.2 Å². The summed E-state index contributed by atoms with van der Waals surface area (Å²) in [5.74, 6) is -0.459. The van der Waals surface area contributed by atoms with Crippen LogP contribution in [0, 0.1) is 0 Å². The SMILES string of the molecule is C[C@@H](C=CS(C)(=O)=O)NC(=O)[C@@H](N)Cc1ccc(C(=O)C2CNCCO2)cc1. The number of nitrogens with one attached hydrogen (secondary N) is 2. The van der Waals surface area contributed by atoms with Gasteiger partial charge < -0.3 is 21.1 Å². The number of sulfone groups is 1. The second-order valence-electron chi connectivity index (χ2n) is 6.89. The third-order valence-corrected chi connectivity index (χ3v) is 4.89. The molecule has 0 saturated carbocycles. The van der Waals surface area contributed by atoms with E-state index in [-0.39, 0.29) is 11.7 Å². The Bertz CT molecular complexity index is 814. The minimum Gasteiger partial charge on any atom is -0.367 e. The highest BCUT2D eigenvalue weighted by Crippen LogP contribution is 2.11. The number of nitrogens with two attached hydrogens (primary N) is 1. The van der Waals surface area contributed by atoms with Crippen LogP contribution in [-0.2, 0) is 25.8 Å². The summed E-state index contributed by atoms with van der Waals surface area (Å²) in [6.45, 7) is 3.41. The average Bonchev–Trinajstić information content (AvgIpc) is 2.66. The van der Waals surface area contributed by atoms with Gasteiger partial charge in [0.15, 0.2) is 15.6 Å². The van der Waals surface area contributed by atoms with E-state index in [0.29, 0.717) is 25.1 Å². The lowest BCUT2D eigenvalue weighted by Gasteiger charge is -2.22. The van der Waals surface area contributed by atoms with Crippen molar-refractivity contribution in [2.75, 3.05) is 26.0 Å². The van der Waals surface area contributed by atoms with Crippen LogP contribution in [0.4, 0.5) is 0 Å². The van der Waals surface area contributed by atoms with E-state index in [2.05, 4.69) is 10.6 Å². The summed E-state index contributed by atoms with van der Waals surface area (Å²) in [6, 6.07) is 5.70. The van der Waals surface area contributed by atoms with Gasteiger partial charge in [0.05, 0.1) is 12.6 Å². The van der Waals surface area contributed by atoms with Crippen molar-refractivity contribution in [3.05, 3.63) is 46.9 Å². The molecule has 0 aromatic heterocycles. The molecule has 2 rings (SSSR count). The van der Waals surface area contributed by atoms with Crippen LogP contribution in [0.2, 0.25) is 0 Å². The largest absolute Gasteiger partial charge is 0.367 e. The number of benzene rings is 1. The molecule has 28 heavy (non-hydrogen) atoms. The van der Waals surface area contributed by atoms with Crippen LogP contribution in [0.5, 0.6) is 0 Å². The average molecular weight is 410 g/mol. The Hall–Kier alpha value is -2.07. The van der Waals surface area contributed by atoms with Gasteiger partial charge in [-0.3, -0.25) is 9.59 Å². The standard InChI is InChI=1S/C19H27N3O5S/c1-13(7-10-28(2,25)26)22-19(24)16(20)11-14-3-5-15(6-4-14)18(23)17-12-21-8-9-27-17/h3-7,10,13,16-17,21H,8-9,11-12,20H2,1-2H3,(H,22,24)/t13-,16-,17?/m0/s1. The summed E-state index contributed by atoms with van der Waals surface area (Å²) in [6.07, 6.45) is 2.29. The van der Waals surface area contributed by atoms with Gasteiger partial charge in [-0.15, -0.1) is 0 Å². The van der Waals surface area contributed by atoms with E-state index in [4.69, 9.17) is 10.5 Å². The van der Waals surface area contributed by atoms with Gasteiger partial charge in [0.25, 0.3) is 0 Å². The van der Waals surface area contributed by atoms with Crippen molar-refractivity contribution >= 4 is 21.5 Å². The van der Waals surface area contributed by atoms with E-state index in [0.717, 1.165) is 23.8 Å². The smallest absolute Gasteiger partial charge is 0.237 e. The highest BCUT2D eigenvalue weighted by molar-refractivity contribution is 7.93. The van der Waals surface area contributed by atoms with Crippen molar-refractivity contribution in [3.63, 3.8) is 0 Å². The number of rotatable bonds is 8. The molecule has 0 spiro atoms. The van der Waals surface area contributed by atoms with E-state index in [1.807, 2.05) is 0 Å². The van der Waals surface area contributed by atoms with Gasteiger partial charge in [0.2, 0.25) is 5.91 Å². The molecule has 1 fully saturated rings. The normalized spacial score (nSPS) is 19.9. The number of ketones is 1. The van der Waals surface area contributed by atoms with Crippen LogP contribution in [0.3, 0.4) is 0 Å².